The fourth-order valence-corrected chi connectivity index (χ4v) is 3.83. The van der Waals surface area contributed by atoms with Gasteiger partial charge in [0.05, 0.1) is 17.1 Å². The zero-order chi connectivity index (χ0) is 18.1. The molecule has 0 bridgehead atoms. The molecule has 1 aliphatic heterocycles. The van der Waals surface area contributed by atoms with E-state index >= 15 is 0 Å². The second-order valence-corrected chi connectivity index (χ2v) is 6.62. The minimum Gasteiger partial charge on any atom is -0.462 e. The molecular weight excluding hydrogens is 362 g/mol. The monoisotopic (exact) mass is 383 g/mol. The molecule has 1 saturated heterocycles. The Labute approximate surface area is 157 Å². The molecule has 26 heavy (non-hydrogen) atoms. The summed E-state index contributed by atoms with van der Waals surface area (Å²) in [5.41, 5.74) is 5.93. The summed E-state index contributed by atoms with van der Waals surface area (Å²) < 4.78 is 4.89. The lowest BCUT2D eigenvalue weighted by Gasteiger charge is -2.19. The number of nitrogens with two attached hydrogens (primary N) is 1. The zero-order valence-corrected chi connectivity index (χ0v) is 15.2. The third-order valence-corrected chi connectivity index (χ3v) is 5.09. The topological polar surface area (TPSA) is 116 Å². The first kappa shape index (κ1) is 20.1. The smallest absolute Gasteiger partial charge is 0.338 e. The van der Waals surface area contributed by atoms with Crippen molar-refractivity contribution in [3.8, 4) is 0 Å². The minimum atomic E-state index is -0.680. The average Bonchev–Trinajstić information content (AvgIpc) is 3.16. The Balaban J connectivity index is 0.00000243. The van der Waals surface area contributed by atoms with E-state index in [1.807, 2.05) is 0 Å². The van der Waals surface area contributed by atoms with Crippen LogP contribution in [0.5, 0.6) is 0 Å². The summed E-state index contributed by atoms with van der Waals surface area (Å²) in [6, 6.07) is 3.80. The number of benzene rings is 1. The molecule has 3 atom stereocenters. The molecule has 8 nitrogen and oxygen atoms in total. The molecule has 1 amide bonds. The number of amides is 1. The molecule has 142 valence electrons. The summed E-state index contributed by atoms with van der Waals surface area (Å²) in [7, 11) is 0. The Morgan fingerprint density at radius 1 is 1.27 bits per heavy atom. The molecule has 2 aliphatic rings. The molecule has 1 heterocycles. The lowest BCUT2D eigenvalue weighted by molar-refractivity contribution is -0.384. The first-order valence-electron chi connectivity index (χ1n) is 8.42. The maximum absolute atomic E-state index is 12.8. The van der Waals surface area contributed by atoms with E-state index in [9.17, 15) is 19.7 Å². The van der Waals surface area contributed by atoms with Crippen LogP contribution in [0, 0.1) is 22.0 Å². The van der Waals surface area contributed by atoms with E-state index in [1.54, 1.807) is 11.8 Å². The first-order valence-corrected chi connectivity index (χ1v) is 8.42. The second-order valence-electron chi connectivity index (χ2n) is 6.62. The van der Waals surface area contributed by atoms with E-state index in [0.717, 1.165) is 18.9 Å². The van der Waals surface area contributed by atoms with Crippen molar-refractivity contribution in [1.82, 2.24) is 4.90 Å². The van der Waals surface area contributed by atoms with Crippen molar-refractivity contribution in [3.63, 3.8) is 0 Å². The summed E-state index contributed by atoms with van der Waals surface area (Å²) in [5.74, 6) is -0.314. The van der Waals surface area contributed by atoms with Gasteiger partial charge in [0.2, 0.25) is 0 Å². The van der Waals surface area contributed by atoms with Gasteiger partial charge in [0.25, 0.3) is 11.6 Å². The highest BCUT2D eigenvalue weighted by atomic mass is 35.5. The van der Waals surface area contributed by atoms with Gasteiger partial charge in [-0.05, 0) is 37.7 Å². The number of nitrogens with zero attached hydrogens (tertiary/aromatic N) is 2. The number of non-ortho nitro benzene ring substituents is 1. The number of carbonyl (C=O) groups is 2. The van der Waals surface area contributed by atoms with Crippen LogP contribution in [0.15, 0.2) is 18.2 Å². The third-order valence-electron chi connectivity index (χ3n) is 5.09. The summed E-state index contributed by atoms with van der Waals surface area (Å²) in [4.78, 5) is 36.9. The molecule has 2 N–H and O–H groups in total. The lowest BCUT2D eigenvalue weighted by atomic mass is 9.98. The molecule has 1 aromatic carbocycles. The molecule has 0 spiro atoms. The van der Waals surface area contributed by atoms with E-state index in [-0.39, 0.29) is 53.7 Å². The standard InChI is InChI=1S/C17H21N3O5.ClH/c1-2-25-17(22)12-5-11(6-13(7-12)20(23)24)16(21)19-8-10-3-4-15(18)14(10)9-19;/h5-7,10,14-15H,2-4,8-9,18H2,1H3;1H. The number of nitro benzene ring substituents is 1. The molecule has 9 heteroatoms. The Kier molecular flexibility index (Phi) is 6.20. The quantitative estimate of drug-likeness (QED) is 0.483. The van der Waals surface area contributed by atoms with Crippen molar-refractivity contribution in [3.05, 3.63) is 39.4 Å². The Morgan fingerprint density at radius 3 is 2.58 bits per heavy atom. The van der Waals surface area contributed by atoms with Crippen molar-refractivity contribution in [1.29, 1.82) is 0 Å². The molecule has 0 aromatic heterocycles. The predicted molar refractivity (Wildman–Crippen MR) is 96.4 cm³/mol. The van der Waals surface area contributed by atoms with Crippen molar-refractivity contribution in [2.24, 2.45) is 17.6 Å². The molecule has 2 fully saturated rings. The Morgan fingerprint density at radius 2 is 1.96 bits per heavy atom. The molecule has 0 radical (unpaired) electrons. The van der Waals surface area contributed by atoms with Crippen LogP contribution in [-0.4, -0.2) is 47.4 Å². The van der Waals surface area contributed by atoms with Crippen LogP contribution in [0.4, 0.5) is 5.69 Å². The van der Waals surface area contributed by atoms with Gasteiger partial charge in [-0.1, -0.05) is 0 Å². The zero-order valence-electron chi connectivity index (χ0n) is 14.4. The van der Waals surface area contributed by atoms with Gasteiger partial charge in [0.15, 0.2) is 0 Å². The van der Waals surface area contributed by atoms with Crippen LogP contribution in [-0.2, 0) is 4.74 Å². The van der Waals surface area contributed by atoms with Crippen LogP contribution < -0.4 is 5.73 Å². The number of rotatable bonds is 4. The van der Waals surface area contributed by atoms with Gasteiger partial charge in [0, 0.05) is 36.8 Å². The number of ether oxygens (including phenoxy) is 1. The highest BCUT2D eigenvalue weighted by Gasteiger charge is 2.42. The largest absolute Gasteiger partial charge is 0.462 e. The van der Waals surface area contributed by atoms with Gasteiger partial charge < -0.3 is 15.4 Å². The van der Waals surface area contributed by atoms with E-state index in [0.29, 0.717) is 19.0 Å². The third kappa shape index (κ3) is 3.81. The van der Waals surface area contributed by atoms with Gasteiger partial charge >= 0.3 is 5.97 Å². The van der Waals surface area contributed by atoms with Crippen molar-refractivity contribution < 1.29 is 19.2 Å². The Bertz CT molecular complexity index is 726. The molecular formula is C17H22ClN3O5. The summed E-state index contributed by atoms with van der Waals surface area (Å²) in [6.07, 6.45) is 1.97. The van der Waals surface area contributed by atoms with Crippen LogP contribution in [0.3, 0.4) is 0 Å². The maximum Gasteiger partial charge on any atom is 0.338 e. The van der Waals surface area contributed by atoms with E-state index < -0.39 is 10.9 Å². The number of halogens is 1. The van der Waals surface area contributed by atoms with Crippen LogP contribution in [0.2, 0.25) is 0 Å². The van der Waals surface area contributed by atoms with Gasteiger partial charge in [-0.2, -0.15) is 0 Å². The minimum absolute atomic E-state index is 0. The number of hydrogen-bond donors (Lipinski definition) is 1. The SMILES string of the molecule is CCOC(=O)c1cc(C(=O)N2CC3CCC(N)C3C2)cc([N+](=O)[O-])c1.Cl. The molecule has 3 rings (SSSR count). The molecule has 1 aliphatic carbocycles. The van der Waals surface area contributed by atoms with E-state index in [1.165, 1.54) is 12.1 Å². The van der Waals surface area contributed by atoms with Crippen molar-refractivity contribution in [2.45, 2.75) is 25.8 Å². The van der Waals surface area contributed by atoms with Gasteiger partial charge in [0.1, 0.15) is 0 Å². The highest BCUT2D eigenvalue weighted by molar-refractivity contribution is 5.99. The number of esters is 1. The van der Waals surface area contributed by atoms with Crippen molar-refractivity contribution >= 4 is 30.0 Å². The molecule has 3 unspecified atom stereocenters. The number of likely N-dealkylation sites (tertiary alicyclic amines) is 1. The second kappa shape index (κ2) is 8.01. The number of hydrogen-bond acceptors (Lipinski definition) is 6. The number of fused-ring (bicyclic) bond motifs is 1. The van der Waals surface area contributed by atoms with Crippen molar-refractivity contribution in [2.75, 3.05) is 19.7 Å². The van der Waals surface area contributed by atoms with Crippen LogP contribution >= 0.6 is 12.4 Å². The fourth-order valence-electron chi connectivity index (χ4n) is 3.83. The fraction of sp³-hybridized carbons (Fsp3) is 0.529. The normalized spacial score (nSPS) is 23.9. The average molecular weight is 384 g/mol. The summed E-state index contributed by atoms with van der Waals surface area (Å²) >= 11 is 0. The molecule has 1 saturated carbocycles. The first-order chi connectivity index (χ1) is 11.9. The maximum atomic E-state index is 12.8. The number of nitro groups is 1. The summed E-state index contributed by atoms with van der Waals surface area (Å²) in [5, 5.41) is 11.1. The molecule has 1 aromatic rings. The van der Waals surface area contributed by atoms with Crippen LogP contribution in [0.1, 0.15) is 40.5 Å². The highest BCUT2D eigenvalue weighted by Crippen LogP contribution is 2.37. The Hall–Kier alpha value is -2.19. The van der Waals surface area contributed by atoms with Gasteiger partial charge in [-0.25, -0.2) is 4.79 Å². The summed E-state index contributed by atoms with van der Waals surface area (Å²) in [6.45, 7) is 2.96. The van der Waals surface area contributed by atoms with Crippen LogP contribution in [0.25, 0.3) is 0 Å². The van der Waals surface area contributed by atoms with E-state index in [4.69, 9.17) is 10.5 Å². The predicted octanol–water partition coefficient (Wildman–Crippen LogP) is 2.00. The van der Waals surface area contributed by atoms with E-state index in [2.05, 4.69) is 0 Å². The lowest BCUT2D eigenvalue weighted by Crippen LogP contribution is -2.33. The van der Waals surface area contributed by atoms with Gasteiger partial charge in [-0.15, -0.1) is 12.4 Å². The van der Waals surface area contributed by atoms with Gasteiger partial charge in [-0.3, -0.25) is 14.9 Å². The number of carbonyl (C=O) groups excluding carboxylic acids is 2.